The molecule has 2 unspecified atom stereocenters. The van der Waals surface area contributed by atoms with Crippen molar-refractivity contribution in [3.05, 3.63) is 60.2 Å². The van der Waals surface area contributed by atoms with Crippen molar-refractivity contribution in [1.82, 2.24) is 0 Å². The van der Waals surface area contributed by atoms with Crippen LogP contribution in [0.5, 0.6) is 0 Å². The van der Waals surface area contributed by atoms with Crippen molar-refractivity contribution in [2.75, 3.05) is 6.61 Å². The van der Waals surface area contributed by atoms with E-state index in [0.29, 0.717) is 25.7 Å². The van der Waals surface area contributed by atoms with Gasteiger partial charge in [-0.3, -0.25) is 9.59 Å². The van der Waals surface area contributed by atoms with Gasteiger partial charge < -0.3 is 10.2 Å². The first kappa shape index (κ1) is 27.8. The van der Waals surface area contributed by atoms with Gasteiger partial charge in [-0.15, -0.1) is 6.58 Å². The molecule has 0 radical (unpaired) electrons. The maximum Gasteiger partial charge on any atom is 0.313 e. The molecule has 0 saturated carbocycles. The number of carbonyl (C=O) groups is 2. The van der Waals surface area contributed by atoms with Gasteiger partial charge in [-0.1, -0.05) is 55.0 Å². The Labute approximate surface area is 182 Å². The number of ketones is 1. The Kier molecular flexibility index (Phi) is 12.9. The van der Waals surface area contributed by atoms with E-state index >= 15 is 0 Å². The second kappa shape index (κ2) is 13.9. The number of hydrogen-bond acceptors (Lipinski definition) is 3. The molecule has 0 spiro atoms. The number of carbonyl (C=O) groups excluding carboxylic acids is 1. The summed E-state index contributed by atoms with van der Waals surface area (Å²) in [5.74, 6) is -0.698. The molecule has 2 N–H and O–H groups in total. The van der Waals surface area contributed by atoms with Crippen molar-refractivity contribution < 1.29 is 19.8 Å². The first-order chi connectivity index (χ1) is 14.1. The van der Waals surface area contributed by atoms with Crippen molar-refractivity contribution in [1.29, 1.82) is 0 Å². The summed E-state index contributed by atoms with van der Waals surface area (Å²) in [6.07, 6.45) is 7.12. The monoisotopic (exact) mass is 416 g/mol. The number of hydrogen-bond donors (Lipinski definition) is 2. The Morgan fingerprint density at radius 3 is 1.97 bits per heavy atom. The van der Waals surface area contributed by atoms with Crippen LogP contribution in [0.25, 0.3) is 0 Å². The second-order valence-electron chi connectivity index (χ2n) is 8.35. The minimum absolute atomic E-state index is 0.0748. The van der Waals surface area contributed by atoms with Gasteiger partial charge in [0.05, 0.1) is 12.0 Å². The normalized spacial score (nSPS) is 15.2. The molecule has 0 fully saturated rings. The number of aliphatic hydroxyl groups is 1. The van der Waals surface area contributed by atoms with Gasteiger partial charge in [0.15, 0.2) is 0 Å². The highest BCUT2D eigenvalue weighted by atomic mass is 16.4. The molecule has 4 heteroatoms. The molecule has 2 atom stereocenters. The number of Topliss-reactive ketones (excluding diaryl/α,β-unsaturated/α-hetero) is 1. The molecule has 0 aliphatic carbocycles. The van der Waals surface area contributed by atoms with E-state index < -0.39 is 11.4 Å². The van der Waals surface area contributed by atoms with E-state index in [9.17, 15) is 19.8 Å². The van der Waals surface area contributed by atoms with Crippen LogP contribution in [-0.2, 0) is 15.0 Å². The van der Waals surface area contributed by atoms with E-state index in [-0.39, 0.29) is 17.8 Å². The van der Waals surface area contributed by atoms with E-state index in [4.69, 9.17) is 0 Å². The predicted octanol–water partition coefficient (Wildman–Crippen LogP) is 6.10. The SMILES string of the molecule is C/C=C(\C)C(C)(CO)CCCC(=O)CCCC(C)(C(=O)O)c1ccccc1.C=CC. The number of carboxylic acids is 1. The van der Waals surface area contributed by atoms with Crippen LogP contribution < -0.4 is 0 Å². The Balaban J connectivity index is 0.00000263. The van der Waals surface area contributed by atoms with Gasteiger partial charge in [0, 0.05) is 18.3 Å². The second-order valence-corrected chi connectivity index (χ2v) is 8.35. The Morgan fingerprint density at radius 2 is 1.53 bits per heavy atom. The molecule has 168 valence electrons. The lowest BCUT2D eigenvalue weighted by atomic mass is 9.77. The average molecular weight is 417 g/mol. The van der Waals surface area contributed by atoms with Crippen molar-refractivity contribution in [3.63, 3.8) is 0 Å². The molecule has 1 rings (SSSR count). The number of aliphatic hydroxyl groups excluding tert-OH is 1. The maximum atomic E-state index is 12.2. The highest BCUT2D eigenvalue weighted by Crippen LogP contribution is 2.33. The highest BCUT2D eigenvalue weighted by Gasteiger charge is 2.34. The van der Waals surface area contributed by atoms with Crippen LogP contribution in [-0.4, -0.2) is 28.6 Å². The number of rotatable bonds is 12. The summed E-state index contributed by atoms with van der Waals surface area (Å²) < 4.78 is 0. The zero-order chi connectivity index (χ0) is 23.2. The van der Waals surface area contributed by atoms with Gasteiger partial charge in [-0.2, -0.15) is 0 Å². The number of aliphatic carboxylic acids is 1. The largest absolute Gasteiger partial charge is 0.481 e. The molecule has 30 heavy (non-hydrogen) atoms. The first-order valence-electron chi connectivity index (χ1n) is 10.7. The van der Waals surface area contributed by atoms with E-state index in [1.165, 1.54) is 0 Å². The van der Waals surface area contributed by atoms with Crippen LogP contribution >= 0.6 is 0 Å². The van der Waals surface area contributed by atoms with Crippen LogP contribution in [0.4, 0.5) is 0 Å². The molecule has 1 aromatic carbocycles. The van der Waals surface area contributed by atoms with Crippen LogP contribution in [0.3, 0.4) is 0 Å². The topological polar surface area (TPSA) is 74.6 Å². The first-order valence-corrected chi connectivity index (χ1v) is 10.7. The summed E-state index contributed by atoms with van der Waals surface area (Å²) >= 11 is 0. The minimum Gasteiger partial charge on any atom is -0.481 e. The molecule has 0 heterocycles. The van der Waals surface area contributed by atoms with Crippen molar-refractivity contribution >= 4 is 11.8 Å². The summed E-state index contributed by atoms with van der Waals surface area (Å²) in [6, 6.07) is 9.20. The maximum absolute atomic E-state index is 12.2. The average Bonchev–Trinajstić information content (AvgIpc) is 2.73. The molecule has 0 amide bonds. The lowest BCUT2D eigenvalue weighted by Gasteiger charge is -2.28. The van der Waals surface area contributed by atoms with E-state index in [1.807, 2.05) is 64.1 Å². The van der Waals surface area contributed by atoms with Crippen LogP contribution in [0, 0.1) is 5.41 Å². The molecule has 1 aromatic rings. The standard InChI is InChI=1S/C23H34O4.C3H6/c1-5-18(2)22(3,17-24)15-9-13-20(25)14-10-16-23(4,21(26)27)19-11-7-6-8-12-19;1-3-2/h5-8,11-12,24H,9-10,13-17H2,1-4H3,(H,26,27);3H,1H2,2H3/b18-5+;. The third-order valence-electron chi connectivity index (χ3n) is 5.93. The molecular formula is C26H40O4. The van der Waals surface area contributed by atoms with E-state index in [0.717, 1.165) is 24.0 Å². The van der Waals surface area contributed by atoms with Gasteiger partial charge in [-0.25, -0.2) is 0 Å². The van der Waals surface area contributed by atoms with Crippen LogP contribution in [0.1, 0.15) is 78.7 Å². The number of allylic oxidation sites excluding steroid dienone is 2. The number of benzene rings is 1. The summed E-state index contributed by atoms with van der Waals surface area (Å²) in [7, 11) is 0. The fourth-order valence-electron chi connectivity index (χ4n) is 3.37. The zero-order valence-electron chi connectivity index (χ0n) is 19.4. The quantitative estimate of drug-likeness (QED) is 0.404. The molecule has 0 aliphatic rings. The smallest absolute Gasteiger partial charge is 0.313 e. The van der Waals surface area contributed by atoms with E-state index in [1.54, 1.807) is 13.0 Å². The van der Waals surface area contributed by atoms with Crippen LogP contribution in [0.15, 0.2) is 54.6 Å². The van der Waals surface area contributed by atoms with E-state index in [2.05, 4.69) is 6.58 Å². The molecule has 0 saturated heterocycles. The molecule has 0 bridgehead atoms. The zero-order valence-corrected chi connectivity index (χ0v) is 19.4. The summed E-state index contributed by atoms with van der Waals surface area (Å²) in [6.45, 7) is 13.0. The fraction of sp³-hybridized carbons (Fsp3) is 0.538. The third-order valence-corrected chi connectivity index (χ3v) is 5.93. The fourth-order valence-corrected chi connectivity index (χ4v) is 3.37. The van der Waals surface area contributed by atoms with Gasteiger partial charge in [0.25, 0.3) is 0 Å². The lowest BCUT2D eigenvalue weighted by Crippen LogP contribution is -2.32. The minimum atomic E-state index is -0.972. The molecule has 0 aromatic heterocycles. The van der Waals surface area contributed by atoms with Gasteiger partial charge in [0.1, 0.15) is 5.78 Å². The van der Waals surface area contributed by atoms with Crippen molar-refractivity contribution in [2.24, 2.45) is 5.41 Å². The molecular weight excluding hydrogens is 376 g/mol. The van der Waals surface area contributed by atoms with Crippen molar-refractivity contribution in [3.8, 4) is 0 Å². The van der Waals surface area contributed by atoms with Crippen molar-refractivity contribution in [2.45, 2.75) is 78.6 Å². The Morgan fingerprint density at radius 1 is 1.03 bits per heavy atom. The Bertz CT molecular complexity index is 692. The highest BCUT2D eigenvalue weighted by molar-refractivity contribution is 5.81. The third kappa shape index (κ3) is 8.66. The number of carboxylic acid groups (broad SMARTS) is 1. The summed E-state index contributed by atoms with van der Waals surface area (Å²) in [5.41, 5.74) is 0.660. The van der Waals surface area contributed by atoms with Crippen LogP contribution in [0.2, 0.25) is 0 Å². The Hall–Kier alpha value is -2.20. The lowest BCUT2D eigenvalue weighted by molar-refractivity contribution is -0.143. The van der Waals surface area contributed by atoms with Gasteiger partial charge in [0.2, 0.25) is 0 Å². The summed E-state index contributed by atoms with van der Waals surface area (Å²) in [5, 5.41) is 19.3. The molecule has 0 aliphatic heterocycles. The summed E-state index contributed by atoms with van der Waals surface area (Å²) in [4.78, 5) is 24.0. The molecule has 4 nitrogen and oxygen atoms in total. The van der Waals surface area contributed by atoms with Gasteiger partial charge >= 0.3 is 5.97 Å². The van der Waals surface area contributed by atoms with Gasteiger partial charge in [-0.05, 0) is 58.9 Å². The predicted molar refractivity (Wildman–Crippen MR) is 125 cm³/mol.